The van der Waals surface area contributed by atoms with Crippen LogP contribution in [0.25, 0.3) is 9.88 Å². The van der Waals surface area contributed by atoms with Gasteiger partial charge in [-0.05, 0) is 41.8 Å². The first-order valence-electron chi connectivity index (χ1n) is 8.05. The fraction of sp³-hybridized carbons (Fsp3) is 0. The van der Waals surface area contributed by atoms with Crippen molar-refractivity contribution in [3.8, 4) is 9.88 Å². The van der Waals surface area contributed by atoms with Gasteiger partial charge in [0.05, 0.1) is 28.7 Å². The molecule has 1 aromatic carbocycles. The van der Waals surface area contributed by atoms with Crippen LogP contribution in [0.4, 0.5) is 11.4 Å². The molecule has 0 aliphatic rings. The summed E-state index contributed by atoms with van der Waals surface area (Å²) in [6, 6.07) is 11.9. The average Bonchev–Trinajstić information content (AvgIpc) is 3.44. The number of halogens is 1. The summed E-state index contributed by atoms with van der Waals surface area (Å²) in [6.45, 7) is 0. The monoisotopic (exact) mass is 429 g/mol. The second-order valence-corrected chi connectivity index (χ2v) is 8.00. The third-order valence-corrected chi connectivity index (χ3v) is 5.95. The van der Waals surface area contributed by atoms with Gasteiger partial charge in [-0.25, -0.2) is 4.98 Å². The van der Waals surface area contributed by atoms with Gasteiger partial charge in [0, 0.05) is 5.02 Å². The van der Waals surface area contributed by atoms with E-state index in [0.29, 0.717) is 21.3 Å². The number of benzene rings is 1. The van der Waals surface area contributed by atoms with E-state index in [1.165, 1.54) is 23.8 Å². The van der Waals surface area contributed by atoms with Crippen LogP contribution in [-0.2, 0) is 0 Å². The SMILES string of the molecule is O=C(Nc1cc(Cl)ccc1NC(=O)c1cnc(-c2cccs2)s1)c1ccco1. The van der Waals surface area contributed by atoms with E-state index in [2.05, 4.69) is 15.6 Å². The molecule has 6 nitrogen and oxygen atoms in total. The Bertz CT molecular complexity index is 1120. The van der Waals surface area contributed by atoms with Gasteiger partial charge in [0.1, 0.15) is 9.88 Å². The fourth-order valence-corrected chi connectivity index (χ4v) is 4.19. The van der Waals surface area contributed by atoms with Gasteiger partial charge in [-0.3, -0.25) is 9.59 Å². The third-order valence-electron chi connectivity index (χ3n) is 3.68. The van der Waals surface area contributed by atoms with Crippen LogP contribution >= 0.6 is 34.3 Å². The quantitative estimate of drug-likeness (QED) is 0.431. The second-order valence-electron chi connectivity index (χ2n) is 5.58. The summed E-state index contributed by atoms with van der Waals surface area (Å²) in [5.41, 5.74) is 0.783. The van der Waals surface area contributed by atoms with Crippen molar-refractivity contribution in [2.24, 2.45) is 0 Å². The number of carbonyl (C=O) groups excluding carboxylic acids is 2. The molecule has 3 heterocycles. The number of carbonyl (C=O) groups is 2. The molecule has 140 valence electrons. The zero-order chi connectivity index (χ0) is 19.5. The minimum atomic E-state index is -0.444. The van der Waals surface area contributed by atoms with E-state index in [4.69, 9.17) is 16.0 Å². The molecule has 3 aromatic heterocycles. The van der Waals surface area contributed by atoms with Crippen LogP contribution < -0.4 is 10.6 Å². The molecule has 0 radical (unpaired) electrons. The Morgan fingerprint density at radius 1 is 1.04 bits per heavy atom. The predicted octanol–water partition coefficient (Wildman–Crippen LogP) is 5.62. The lowest BCUT2D eigenvalue weighted by Gasteiger charge is -2.11. The van der Waals surface area contributed by atoms with Gasteiger partial charge in [-0.2, -0.15) is 0 Å². The van der Waals surface area contributed by atoms with Crippen molar-refractivity contribution in [1.29, 1.82) is 0 Å². The van der Waals surface area contributed by atoms with Gasteiger partial charge >= 0.3 is 0 Å². The summed E-state index contributed by atoms with van der Waals surface area (Å²) in [7, 11) is 0. The van der Waals surface area contributed by atoms with Crippen molar-refractivity contribution < 1.29 is 14.0 Å². The van der Waals surface area contributed by atoms with E-state index >= 15 is 0 Å². The van der Waals surface area contributed by atoms with E-state index < -0.39 is 5.91 Å². The number of hydrogen-bond acceptors (Lipinski definition) is 6. The minimum absolute atomic E-state index is 0.153. The fourth-order valence-electron chi connectivity index (χ4n) is 2.40. The molecule has 0 aliphatic carbocycles. The maximum Gasteiger partial charge on any atom is 0.291 e. The molecule has 0 saturated carbocycles. The van der Waals surface area contributed by atoms with Gasteiger partial charge in [0.25, 0.3) is 11.8 Å². The zero-order valence-electron chi connectivity index (χ0n) is 14.1. The van der Waals surface area contributed by atoms with E-state index in [9.17, 15) is 9.59 Å². The maximum absolute atomic E-state index is 12.6. The molecule has 0 atom stereocenters. The van der Waals surface area contributed by atoms with Crippen molar-refractivity contribution >= 4 is 57.5 Å². The standard InChI is InChI=1S/C19H12ClN3O3S2/c20-11-5-6-12(13(9-11)23-17(24)14-3-1-7-26-14)22-18(25)16-10-21-19(28-16)15-4-2-8-27-15/h1-10H,(H,22,25)(H,23,24). The van der Waals surface area contributed by atoms with Crippen LogP contribution in [-0.4, -0.2) is 16.8 Å². The number of anilines is 2. The average molecular weight is 430 g/mol. The zero-order valence-corrected chi connectivity index (χ0v) is 16.5. The summed E-state index contributed by atoms with van der Waals surface area (Å²) in [6.07, 6.45) is 2.94. The van der Waals surface area contributed by atoms with Crippen molar-refractivity contribution in [2.75, 3.05) is 10.6 Å². The molecule has 28 heavy (non-hydrogen) atoms. The number of nitrogens with zero attached hydrogens (tertiary/aromatic N) is 1. The molecule has 0 unspecified atom stereocenters. The molecule has 0 saturated heterocycles. The van der Waals surface area contributed by atoms with Crippen molar-refractivity contribution in [3.05, 3.63) is 76.0 Å². The highest BCUT2D eigenvalue weighted by Gasteiger charge is 2.16. The Morgan fingerprint density at radius 3 is 2.64 bits per heavy atom. The molecule has 0 fully saturated rings. The molecule has 0 aliphatic heterocycles. The summed E-state index contributed by atoms with van der Waals surface area (Å²) in [4.78, 5) is 30.7. The first-order chi connectivity index (χ1) is 13.6. The van der Waals surface area contributed by atoms with E-state index in [-0.39, 0.29) is 11.7 Å². The van der Waals surface area contributed by atoms with Crippen LogP contribution in [0.15, 0.2) is 64.7 Å². The number of amides is 2. The lowest BCUT2D eigenvalue weighted by molar-refractivity contribution is 0.0993. The molecule has 2 N–H and O–H groups in total. The Labute approximate surface area is 172 Å². The molecular formula is C19H12ClN3O3S2. The lowest BCUT2D eigenvalue weighted by atomic mass is 10.2. The summed E-state index contributed by atoms with van der Waals surface area (Å²) in [5.74, 6) is -0.614. The largest absolute Gasteiger partial charge is 0.459 e. The van der Waals surface area contributed by atoms with E-state index in [1.54, 1.807) is 41.7 Å². The second kappa shape index (κ2) is 7.97. The first-order valence-corrected chi connectivity index (χ1v) is 10.1. The maximum atomic E-state index is 12.6. The molecule has 4 rings (SSSR count). The molecule has 4 aromatic rings. The van der Waals surface area contributed by atoms with Crippen molar-refractivity contribution in [3.63, 3.8) is 0 Å². The summed E-state index contributed by atoms with van der Waals surface area (Å²) < 4.78 is 5.09. The topological polar surface area (TPSA) is 84.2 Å². The highest BCUT2D eigenvalue weighted by Crippen LogP contribution is 2.31. The molecule has 9 heteroatoms. The van der Waals surface area contributed by atoms with Crippen LogP contribution in [0.3, 0.4) is 0 Å². The Hall–Kier alpha value is -2.94. The normalized spacial score (nSPS) is 10.6. The van der Waals surface area contributed by atoms with Gasteiger partial charge in [0.2, 0.25) is 0 Å². The number of nitrogens with one attached hydrogen (secondary N) is 2. The van der Waals surface area contributed by atoms with Crippen molar-refractivity contribution in [2.45, 2.75) is 0 Å². The number of thiazole rings is 1. The number of furan rings is 1. The highest BCUT2D eigenvalue weighted by atomic mass is 35.5. The molecule has 0 spiro atoms. The van der Waals surface area contributed by atoms with Crippen LogP contribution in [0.1, 0.15) is 20.2 Å². The van der Waals surface area contributed by atoms with Crippen LogP contribution in [0.5, 0.6) is 0 Å². The number of thiophene rings is 1. The Balaban J connectivity index is 1.54. The Kier molecular flexibility index (Phi) is 5.25. The first kappa shape index (κ1) is 18.4. The highest BCUT2D eigenvalue weighted by molar-refractivity contribution is 7.22. The Morgan fingerprint density at radius 2 is 1.89 bits per heavy atom. The third kappa shape index (κ3) is 3.99. The minimum Gasteiger partial charge on any atom is -0.459 e. The number of hydrogen-bond donors (Lipinski definition) is 2. The number of rotatable bonds is 5. The van der Waals surface area contributed by atoms with Crippen molar-refractivity contribution in [1.82, 2.24) is 4.98 Å². The van der Waals surface area contributed by atoms with Gasteiger partial charge < -0.3 is 15.1 Å². The van der Waals surface area contributed by atoms with Gasteiger partial charge in [-0.1, -0.05) is 17.7 Å². The van der Waals surface area contributed by atoms with Gasteiger partial charge in [-0.15, -0.1) is 22.7 Å². The molecule has 0 bridgehead atoms. The summed E-state index contributed by atoms with van der Waals surface area (Å²) in [5, 5.41) is 8.65. The van der Waals surface area contributed by atoms with Gasteiger partial charge in [0.15, 0.2) is 5.76 Å². The van der Waals surface area contributed by atoms with E-state index in [1.807, 2.05) is 17.5 Å². The molecule has 2 amide bonds. The van der Waals surface area contributed by atoms with Crippen LogP contribution in [0, 0.1) is 0 Å². The lowest BCUT2D eigenvalue weighted by Crippen LogP contribution is -2.16. The smallest absolute Gasteiger partial charge is 0.291 e. The van der Waals surface area contributed by atoms with Crippen LogP contribution in [0.2, 0.25) is 5.02 Å². The predicted molar refractivity (Wildman–Crippen MR) is 111 cm³/mol. The molecular weight excluding hydrogens is 418 g/mol. The van der Waals surface area contributed by atoms with E-state index in [0.717, 1.165) is 9.88 Å². The summed E-state index contributed by atoms with van der Waals surface area (Å²) >= 11 is 8.90. The number of aromatic nitrogens is 1.